The monoisotopic (exact) mass is 208 g/mol. The zero-order chi connectivity index (χ0) is 10.4. The van der Waals surface area contributed by atoms with E-state index in [1.165, 1.54) is 0 Å². The van der Waals surface area contributed by atoms with Crippen LogP contribution in [0.15, 0.2) is 0 Å². The highest BCUT2D eigenvalue weighted by molar-refractivity contribution is 8.14. The first-order valence-corrected chi connectivity index (χ1v) is 4.15. The molecular weight excluding hydrogens is 200 g/mol. The van der Waals surface area contributed by atoms with Crippen LogP contribution in [-0.2, 0) is 9.59 Å². The summed E-state index contributed by atoms with van der Waals surface area (Å²) in [6.45, 7) is 0. The molecule has 0 fully saturated rings. The van der Waals surface area contributed by atoms with E-state index in [1.807, 2.05) is 0 Å². The van der Waals surface area contributed by atoms with Crippen molar-refractivity contribution in [3.05, 3.63) is 0 Å². The van der Waals surface area contributed by atoms with Crippen LogP contribution in [0, 0.1) is 0 Å². The molecule has 0 aliphatic heterocycles. The number of carboxylic acid groups (broad SMARTS) is 3. The number of aliphatic carboxylic acids is 2. The molecular formula is C6H8O6S. The molecule has 0 spiro atoms. The molecule has 1 atom stereocenters. The summed E-state index contributed by atoms with van der Waals surface area (Å²) in [5.41, 5.74) is 0. The summed E-state index contributed by atoms with van der Waals surface area (Å²) in [5, 5.41) is 22.4. The molecule has 0 aliphatic rings. The van der Waals surface area contributed by atoms with Crippen LogP contribution in [0.5, 0.6) is 0 Å². The van der Waals surface area contributed by atoms with Crippen molar-refractivity contribution in [1.29, 1.82) is 0 Å². The van der Waals surface area contributed by atoms with Gasteiger partial charge in [0.25, 0.3) is 0 Å². The molecule has 0 aromatic rings. The summed E-state index contributed by atoms with van der Waals surface area (Å²) in [7, 11) is 0. The lowest BCUT2D eigenvalue weighted by Crippen LogP contribution is -2.19. The van der Waals surface area contributed by atoms with Crippen LogP contribution in [-0.4, -0.2) is 37.8 Å². The molecule has 0 amide bonds. The van der Waals surface area contributed by atoms with Gasteiger partial charge >= 0.3 is 17.2 Å². The second-order valence-corrected chi connectivity index (χ2v) is 3.30. The Hall–Kier alpha value is -1.24. The second kappa shape index (κ2) is 5.41. The fraction of sp³-hybridized carbons (Fsp3) is 0.500. The Kier molecular flexibility index (Phi) is 4.90. The number of rotatable bonds is 5. The van der Waals surface area contributed by atoms with E-state index in [0.29, 0.717) is 0 Å². The molecule has 0 saturated carbocycles. The fourth-order valence-corrected chi connectivity index (χ4v) is 1.19. The van der Waals surface area contributed by atoms with Crippen LogP contribution >= 0.6 is 11.8 Å². The van der Waals surface area contributed by atoms with E-state index in [-0.39, 0.29) is 24.6 Å². The van der Waals surface area contributed by atoms with E-state index in [9.17, 15) is 14.4 Å². The highest BCUT2D eigenvalue weighted by Crippen LogP contribution is 2.17. The van der Waals surface area contributed by atoms with Gasteiger partial charge in [0.05, 0.1) is 0 Å². The third-order valence-corrected chi connectivity index (χ3v) is 2.06. The van der Waals surface area contributed by atoms with Crippen molar-refractivity contribution in [2.75, 3.05) is 0 Å². The van der Waals surface area contributed by atoms with Gasteiger partial charge in [-0.3, -0.25) is 9.59 Å². The Morgan fingerprint density at radius 1 is 1.15 bits per heavy atom. The van der Waals surface area contributed by atoms with Crippen LogP contribution in [0.2, 0.25) is 0 Å². The van der Waals surface area contributed by atoms with Crippen molar-refractivity contribution < 1.29 is 29.7 Å². The predicted molar refractivity (Wildman–Crippen MR) is 43.9 cm³/mol. The zero-order valence-electron chi connectivity index (χ0n) is 6.47. The molecule has 0 rings (SSSR count). The maximum Gasteiger partial charge on any atom is 0.365 e. The summed E-state index contributed by atoms with van der Waals surface area (Å²) < 4.78 is 0. The summed E-state index contributed by atoms with van der Waals surface area (Å²) in [5.74, 6) is -2.45. The van der Waals surface area contributed by atoms with Crippen molar-refractivity contribution in [1.82, 2.24) is 0 Å². The highest BCUT2D eigenvalue weighted by atomic mass is 32.2. The SMILES string of the molecule is O=C(O)CCC(SC(=O)O)C(=O)O. The lowest BCUT2D eigenvalue weighted by molar-refractivity contribution is -0.138. The molecule has 74 valence electrons. The van der Waals surface area contributed by atoms with Crippen molar-refractivity contribution in [2.45, 2.75) is 18.1 Å². The van der Waals surface area contributed by atoms with E-state index in [1.54, 1.807) is 0 Å². The van der Waals surface area contributed by atoms with Gasteiger partial charge in [-0.2, -0.15) is 0 Å². The largest absolute Gasteiger partial charge is 0.481 e. The average Bonchev–Trinajstić information content (AvgIpc) is 1.96. The van der Waals surface area contributed by atoms with Gasteiger partial charge in [0.2, 0.25) is 0 Å². The van der Waals surface area contributed by atoms with Crippen LogP contribution in [0.4, 0.5) is 4.79 Å². The number of hydrogen-bond donors (Lipinski definition) is 3. The Balaban J connectivity index is 4.02. The van der Waals surface area contributed by atoms with Gasteiger partial charge in [0.15, 0.2) is 0 Å². The van der Waals surface area contributed by atoms with Gasteiger partial charge in [0.1, 0.15) is 5.25 Å². The number of hydrogen-bond acceptors (Lipinski definition) is 4. The smallest absolute Gasteiger partial charge is 0.365 e. The minimum Gasteiger partial charge on any atom is -0.481 e. The highest BCUT2D eigenvalue weighted by Gasteiger charge is 2.22. The number of thioether (sulfide) groups is 1. The Morgan fingerprint density at radius 3 is 2.00 bits per heavy atom. The summed E-state index contributed by atoms with van der Waals surface area (Å²) in [4.78, 5) is 30.5. The molecule has 7 heteroatoms. The summed E-state index contributed by atoms with van der Waals surface area (Å²) >= 11 is 0.203. The van der Waals surface area contributed by atoms with E-state index >= 15 is 0 Å². The molecule has 0 aromatic heterocycles. The maximum absolute atomic E-state index is 10.4. The number of carbonyl (C=O) groups is 3. The topological polar surface area (TPSA) is 112 Å². The normalized spacial score (nSPS) is 12.0. The van der Waals surface area contributed by atoms with Gasteiger partial charge in [-0.1, -0.05) is 0 Å². The average molecular weight is 208 g/mol. The first kappa shape index (κ1) is 11.8. The predicted octanol–water partition coefficient (Wildman–Crippen LogP) is 0.716. The summed E-state index contributed by atoms with van der Waals surface area (Å²) in [6, 6.07) is 0. The van der Waals surface area contributed by atoms with Crippen LogP contribution in [0.25, 0.3) is 0 Å². The fourth-order valence-electron chi connectivity index (χ4n) is 0.609. The van der Waals surface area contributed by atoms with Gasteiger partial charge in [-0.25, -0.2) is 4.79 Å². The molecule has 0 aliphatic carbocycles. The standard InChI is InChI=1S/C6H8O6S/c7-4(8)2-1-3(5(9)10)13-6(11)12/h3H,1-2H2,(H,7,8)(H,9,10)(H,11,12). The molecule has 0 bridgehead atoms. The summed E-state index contributed by atoms with van der Waals surface area (Å²) in [6.07, 6.45) is -0.543. The lowest BCUT2D eigenvalue weighted by atomic mass is 10.2. The molecule has 0 radical (unpaired) electrons. The van der Waals surface area contributed by atoms with Gasteiger partial charge in [-0.15, -0.1) is 0 Å². The van der Waals surface area contributed by atoms with Crippen LogP contribution in [0.3, 0.4) is 0 Å². The van der Waals surface area contributed by atoms with Crippen molar-refractivity contribution >= 4 is 29.0 Å². The first-order valence-electron chi connectivity index (χ1n) is 3.27. The Bertz CT molecular complexity index is 225. The van der Waals surface area contributed by atoms with Crippen LogP contribution < -0.4 is 0 Å². The van der Waals surface area contributed by atoms with Crippen molar-refractivity contribution in [2.24, 2.45) is 0 Å². The van der Waals surface area contributed by atoms with E-state index < -0.39 is 22.5 Å². The minimum atomic E-state index is -1.32. The zero-order valence-corrected chi connectivity index (χ0v) is 7.28. The van der Waals surface area contributed by atoms with E-state index in [0.717, 1.165) is 0 Å². The van der Waals surface area contributed by atoms with Crippen molar-refractivity contribution in [3.8, 4) is 0 Å². The molecule has 0 aromatic carbocycles. The third kappa shape index (κ3) is 5.97. The van der Waals surface area contributed by atoms with Gasteiger partial charge in [0, 0.05) is 6.42 Å². The first-order chi connectivity index (χ1) is 5.93. The van der Waals surface area contributed by atoms with Gasteiger partial charge < -0.3 is 15.3 Å². The van der Waals surface area contributed by atoms with Crippen LogP contribution in [0.1, 0.15) is 12.8 Å². The lowest BCUT2D eigenvalue weighted by Gasteiger charge is -2.05. The molecule has 1 unspecified atom stereocenters. The minimum absolute atomic E-state index is 0.193. The Morgan fingerprint density at radius 2 is 1.69 bits per heavy atom. The second-order valence-electron chi connectivity index (χ2n) is 2.14. The van der Waals surface area contributed by atoms with Crippen molar-refractivity contribution in [3.63, 3.8) is 0 Å². The third-order valence-electron chi connectivity index (χ3n) is 1.14. The molecule has 0 saturated heterocycles. The molecule has 13 heavy (non-hydrogen) atoms. The van der Waals surface area contributed by atoms with E-state index in [2.05, 4.69) is 0 Å². The quantitative estimate of drug-likeness (QED) is 0.610. The maximum atomic E-state index is 10.4. The molecule has 3 N–H and O–H groups in total. The Labute approximate surface area is 77.6 Å². The van der Waals surface area contributed by atoms with Gasteiger partial charge in [-0.05, 0) is 18.2 Å². The van der Waals surface area contributed by atoms with E-state index in [4.69, 9.17) is 15.3 Å². The molecule has 0 heterocycles. The molecule has 6 nitrogen and oxygen atoms in total. The number of carboxylic acids is 2.